The molecule has 2 aromatic carbocycles. The number of anilines is 1. The van der Waals surface area contributed by atoms with Crippen molar-refractivity contribution >= 4 is 46.2 Å². The highest BCUT2D eigenvalue weighted by Crippen LogP contribution is 2.21. The second kappa shape index (κ2) is 9.15. The highest BCUT2D eigenvalue weighted by atomic mass is 35.5. The van der Waals surface area contributed by atoms with Crippen LogP contribution in [0.25, 0.3) is 0 Å². The number of carbonyl (C=O) groups excluding carboxylic acids is 3. The molecule has 0 bridgehead atoms. The van der Waals surface area contributed by atoms with Crippen LogP contribution in [0, 0.1) is 11.3 Å². The van der Waals surface area contributed by atoms with E-state index in [1.54, 1.807) is 36.4 Å². The number of thiophene rings is 1. The van der Waals surface area contributed by atoms with Crippen molar-refractivity contribution in [3.8, 4) is 6.07 Å². The summed E-state index contributed by atoms with van der Waals surface area (Å²) in [5.41, 5.74) is 0.934. The van der Waals surface area contributed by atoms with Crippen LogP contribution in [0.4, 0.5) is 5.69 Å². The maximum absolute atomic E-state index is 12.4. The largest absolute Gasteiger partial charge is 0.343 e. The lowest BCUT2D eigenvalue weighted by molar-refractivity contribution is -0.136. The molecule has 2 amide bonds. The zero-order chi connectivity index (χ0) is 20.8. The van der Waals surface area contributed by atoms with Crippen LogP contribution < -0.4 is 10.6 Å². The Morgan fingerprint density at radius 3 is 2.48 bits per heavy atom. The minimum absolute atomic E-state index is 0.0969. The lowest BCUT2D eigenvalue weighted by Gasteiger charge is -2.07. The molecule has 6 nitrogen and oxygen atoms in total. The summed E-state index contributed by atoms with van der Waals surface area (Å²) >= 11 is 7.11. The first kappa shape index (κ1) is 20.3. The zero-order valence-electron chi connectivity index (χ0n) is 14.9. The minimum atomic E-state index is -0.916. The Hall–Kier alpha value is -3.47. The molecule has 3 aromatic rings. The van der Waals surface area contributed by atoms with E-state index in [0.29, 0.717) is 15.5 Å². The SMILES string of the molecule is N#Cc1ccc(Cl)cc1NC(=O)C(=O)NCc1ccc(C(=O)c2ccccc2)s1. The van der Waals surface area contributed by atoms with Crippen LogP contribution in [0.3, 0.4) is 0 Å². The van der Waals surface area contributed by atoms with Crippen LogP contribution in [-0.4, -0.2) is 17.6 Å². The van der Waals surface area contributed by atoms with E-state index in [9.17, 15) is 14.4 Å². The molecular weight excluding hydrogens is 410 g/mol. The predicted octanol–water partition coefficient (Wildman–Crippen LogP) is 3.76. The van der Waals surface area contributed by atoms with Crippen LogP contribution in [0.1, 0.15) is 25.7 Å². The average molecular weight is 424 g/mol. The molecule has 0 aliphatic carbocycles. The lowest BCUT2D eigenvalue weighted by atomic mass is 10.1. The van der Waals surface area contributed by atoms with Gasteiger partial charge in [0.1, 0.15) is 6.07 Å². The molecule has 0 saturated heterocycles. The summed E-state index contributed by atoms with van der Waals surface area (Å²) in [6, 6.07) is 18.6. The summed E-state index contributed by atoms with van der Waals surface area (Å²) in [5, 5.41) is 14.3. The minimum Gasteiger partial charge on any atom is -0.343 e. The Balaban J connectivity index is 1.59. The highest BCUT2D eigenvalue weighted by Gasteiger charge is 2.17. The Kier molecular flexibility index (Phi) is 6.39. The highest BCUT2D eigenvalue weighted by molar-refractivity contribution is 7.14. The Morgan fingerprint density at radius 2 is 1.76 bits per heavy atom. The molecule has 3 rings (SSSR count). The molecule has 0 aliphatic heterocycles. The van der Waals surface area contributed by atoms with Crippen molar-refractivity contribution in [1.82, 2.24) is 5.32 Å². The molecule has 0 atom stereocenters. The lowest BCUT2D eigenvalue weighted by Crippen LogP contribution is -2.34. The van der Waals surface area contributed by atoms with Gasteiger partial charge in [-0.05, 0) is 30.3 Å². The van der Waals surface area contributed by atoms with Crippen molar-refractivity contribution in [3.63, 3.8) is 0 Å². The van der Waals surface area contributed by atoms with E-state index in [-0.39, 0.29) is 23.6 Å². The standard InChI is InChI=1S/C21H14ClN3O3S/c22-15-7-6-14(11-23)17(10-15)25-21(28)20(27)24-12-16-8-9-18(29-16)19(26)13-4-2-1-3-5-13/h1-10H,12H2,(H,24,27)(H,25,28). The number of halogens is 1. The van der Waals surface area contributed by atoms with Gasteiger partial charge in [-0.25, -0.2) is 0 Å². The van der Waals surface area contributed by atoms with Crippen molar-refractivity contribution in [3.05, 3.63) is 86.6 Å². The first-order chi connectivity index (χ1) is 14.0. The van der Waals surface area contributed by atoms with Crippen LogP contribution in [0.5, 0.6) is 0 Å². The fourth-order valence-corrected chi connectivity index (χ4v) is 3.55. The van der Waals surface area contributed by atoms with Crippen molar-refractivity contribution < 1.29 is 14.4 Å². The van der Waals surface area contributed by atoms with E-state index in [0.717, 1.165) is 4.88 Å². The fourth-order valence-electron chi connectivity index (χ4n) is 2.47. The third kappa shape index (κ3) is 5.08. The number of nitrogens with one attached hydrogen (secondary N) is 2. The molecule has 0 saturated carbocycles. The smallest absolute Gasteiger partial charge is 0.313 e. The van der Waals surface area contributed by atoms with E-state index in [4.69, 9.17) is 16.9 Å². The Bertz CT molecular complexity index is 1120. The maximum Gasteiger partial charge on any atom is 0.313 e. The van der Waals surface area contributed by atoms with Gasteiger partial charge in [-0.1, -0.05) is 41.9 Å². The van der Waals surface area contributed by atoms with Crippen LogP contribution in [-0.2, 0) is 16.1 Å². The van der Waals surface area contributed by atoms with Crippen molar-refractivity contribution in [2.75, 3.05) is 5.32 Å². The second-order valence-corrected chi connectivity index (χ2v) is 7.50. The number of benzene rings is 2. The average Bonchev–Trinajstić information content (AvgIpc) is 3.21. The number of nitriles is 1. The number of amides is 2. The van der Waals surface area contributed by atoms with Crippen molar-refractivity contribution in [2.24, 2.45) is 0 Å². The number of hydrogen-bond acceptors (Lipinski definition) is 5. The normalized spacial score (nSPS) is 10.1. The van der Waals surface area contributed by atoms with Crippen molar-refractivity contribution in [1.29, 1.82) is 5.26 Å². The Morgan fingerprint density at radius 1 is 1.00 bits per heavy atom. The van der Waals surface area contributed by atoms with E-state index >= 15 is 0 Å². The molecular formula is C21H14ClN3O3S. The molecule has 29 heavy (non-hydrogen) atoms. The van der Waals surface area contributed by atoms with Crippen LogP contribution >= 0.6 is 22.9 Å². The summed E-state index contributed by atoms with van der Waals surface area (Å²) < 4.78 is 0. The van der Waals surface area contributed by atoms with Gasteiger partial charge in [-0.15, -0.1) is 11.3 Å². The number of carbonyl (C=O) groups is 3. The molecule has 0 unspecified atom stereocenters. The fraction of sp³-hybridized carbons (Fsp3) is 0.0476. The molecule has 0 radical (unpaired) electrons. The van der Waals surface area contributed by atoms with E-state index in [2.05, 4.69) is 10.6 Å². The quantitative estimate of drug-likeness (QED) is 0.482. The summed E-state index contributed by atoms with van der Waals surface area (Å²) in [7, 11) is 0. The third-order valence-electron chi connectivity index (χ3n) is 3.90. The van der Waals surface area contributed by atoms with Gasteiger partial charge < -0.3 is 10.6 Å². The summed E-state index contributed by atoms with van der Waals surface area (Å²) in [6.45, 7) is 0.0969. The molecule has 144 valence electrons. The van der Waals surface area contributed by atoms with Crippen molar-refractivity contribution in [2.45, 2.75) is 6.54 Å². The number of rotatable bonds is 5. The Labute approximate surface area is 175 Å². The number of ketones is 1. The van der Waals surface area contributed by atoms with Gasteiger partial charge in [-0.3, -0.25) is 14.4 Å². The van der Waals surface area contributed by atoms with Gasteiger partial charge >= 0.3 is 11.8 Å². The van der Waals surface area contributed by atoms with Gasteiger partial charge in [0.05, 0.1) is 22.7 Å². The molecule has 1 aromatic heterocycles. The van der Waals surface area contributed by atoms with Gasteiger partial charge in [0, 0.05) is 15.5 Å². The van der Waals surface area contributed by atoms with Gasteiger partial charge in [-0.2, -0.15) is 5.26 Å². The molecule has 0 aliphatic rings. The van der Waals surface area contributed by atoms with Crippen LogP contribution in [0.2, 0.25) is 5.02 Å². The van der Waals surface area contributed by atoms with E-state index in [1.807, 2.05) is 12.1 Å². The first-order valence-corrected chi connectivity index (χ1v) is 9.64. The maximum atomic E-state index is 12.4. The summed E-state index contributed by atoms with van der Waals surface area (Å²) in [6.07, 6.45) is 0. The number of nitrogens with zero attached hydrogens (tertiary/aromatic N) is 1. The molecule has 0 fully saturated rings. The van der Waals surface area contributed by atoms with Gasteiger partial charge in [0.15, 0.2) is 0 Å². The zero-order valence-corrected chi connectivity index (χ0v) is 16.5. The molecule has 1 heterocycles. The monoisotopic (exact) mass is 423 g/mol. The van der Waals surface area contributed by atoms with Gasteiger partial charge in [0.25, 0.3) is 0 Å². The third-order valence-corrected chi connectivity index (χ3v) is 5.22. The molecule has 0 spiro atoms. The number of hydrogen-bond donors (Lipinski definition) is 2. The molecule has 8 heteroatoms. The van der Waals surface area contributed by atoms with Crippen LogP contribution in [0.15, 0.2) is 60.7 Å². The molecule has 2 N–H and O–H groups in total. The first-order valence-electron chi connectivity index (χ1n) is 8.45. The predicted molar refractivity (Wildman–Crippen MR) is 111 cm³/mol. The second-order valence-electron chi connectivity index (χ2n) is 5.90. The topological polar surface area (TPSA) is 99.1 Å². The summed E-state index contributed by atoms with van der Waals surface area (Å²) in [5.74, 6) is -1.88. The van der Waals surface area contributed by atoms with Gasteiger partial charge in [0.2, 0.25) is 5.78 Å². The van der Waals surface area contributed by atoms with E-state index < -0.39 is 11.8 Å². The van der Waals surface area contributed by atoms with E-state index in [1.165, 1.54) is 29.5 Å². The summed E-state index contributed by atoms with van der Waals surface area (Å²) in [4.78, 5) is 37.8.